The van der Waals surface area contributed by atoms with E-state index in [1.807, 2.05) is 67.6 Å². The van der Waals surface area contributed by atoms with Gasteiger partial charge in [0.05, 0.1) is 22.9 Å². The second-order valence-corrected chi connectivity index (χ2v) is 6.91. The van der Waals surface area contributed by atoms with Crippen molar-refractivity contribution in [3.63, 3.8) is 0 Å². The molecule has 31 heavy (non-hydrogen) atoms. The number of non-ortho nitro benzene ring substituents is 1. The number of nitro benzene ring substituents is 1. The third kappa shape index (κ3) is 4.23. The van der Waals surface area contributed by atoms with E-state index in [0.29, 0.717) is 29.2 Å². The quantitative estimate of drug-likeness (QED) is 0.306. The summed E-state index contributed by atoms with van der Waals surface area (Å²) in [7, 11) is 0. The van der Waals surface area contributed by atoms with Crippen molar-refractivity contribution in [2.45, 2.75) is 6.92 Å². The number of hydrogen-bond donors (Lipinski definition) is 0. The first-order chi connectivity index (χ1) is 15.1. The van der Waals surface area contributed by atoms with Crippen molar-refractivity contribution in [2.24, 2.45) is 0 Å². The van der Waals surface area contributed by atoms with Crippen LogP contribution in [-0.4, -0.2) is 17.4 Å². The first-order valence-corrected chi connectivity index (χ1v) is 9.87. The van der Waals surface area contributed by atoms with Crippen molar-refractivity contribution < 1.29 is 14.5 Å². The number of benzene rings is 3. The van der Waals surface area contributed by atoms with Crippen LogP contribution in [-0.2, 0) is 4.79 Å². The minimum Gasteiger partial charge on any atom is -0.494 e. The lowest BCUT2D eigenvalue weighted by molar-refractivity contribution is -0.384. The fraction of sp³-hybridized carbons (Fsp3) is 0.0800. The molecule has 1 aliphatic rings. The number of anilines is 1. The molecule has 0 saturated carbocycles. The Morgan fingerprint density at radius 1 is 1.00 bits per heavy atom. The zero-order valence-corrected chi connectivity index (χ0v) is 16.9. The molecule has 0 aliphatic carbocycles. The Balaban J connectivity index is 1.76. The van der Waals surface area contributed by atoms with Crippen molar-refractivity contribution in [1.82, 2.24) is 0 Å². The molecule has 6 heteroatoms. The van der Waals surface area contributed by atoms with E-state index in [4.69, 9.17) is 4.74 Å². The number of nitro groups is 1. The number of ether oxygens (including phenoxy) is 1. The average molecular weight is 412 g/mol. The summed E-state index contributed by atoms with van der Waals surface area (Å²) in [5.41, 5.74) is 3.59. The van der Waals surface area contributed by atoms with Gasteiger partial charge < -0.3 is 4.74 Å². The molecule has 0 saturated heterocycles. The monoisotopic (exact) mass is 412 g/mol. The van der Waals surface area contributed by atoms with E-state index < -0.39 is 4.92 Å². The van der Waals surface area contributed by atoms with Gasteiger partial charge >= 0.3 is 0 Å². The van der Waals surface area contributed by atoms with Gasteiger partial charge in [-0.25, -0.2) is 0 Å². The summed E-state index contributed by atoms with van der Waals surface area (Å²) in [5, 5.41) is 10.9. The van der Waals surface area contributed by atoms with Crippen molar-refractivity contribution in [2.75, 3.05) is 11.5 Å². The maximum Gasteiger partial charge on any atom is 0.269 e. The predicted octanol–water partition coefficient (Wildman–Crippen LogP) is 5.46. The molecule has 6 nitrogen and oxygen atoms in total. The molecule has 0 bridgehead atoms. The number of hydrogen-bond acceptors (Lipinski definition) is 4. The van der Waals surface area contributed by atoms with Crippen LogP contribution in [0.4, 0.5) is 11.4 Å². The van der Waals surface area contributed by atoms with Crippen LogP contribution in [0.3, 0.4) is 0 Å². The maximum absolute atomic E-state index is 13.4. The molecule has 3 aromatic rings. The smallest absolute Gasteiger partial charge is 0.269 e. The molecule has 0 unspecified atom stereocenters. The van der Waals surface area contributed by atoms with Gasteiger partial charge in [0, 0.05) is 23.8 Å². The Kier molecular flexibility index (Phi) is 5.62. The minimum atomic E-state index is -0.446. The molecule has 1 amide bonds. The average Bonchev–Trinajstić information content (AvgIpc) is 3.11. The second kappa shape index (κ2) is 8.67. The highest BCUT2D eigenvalue weighted by atomic mass is 16.6. The van der Waals surface area contributed by atoms with Crippen molar-refractivity contribution in [3.05, 3.63) is 112 Å². The van der Waals surface area contributed by atoms with Gasteiger partial charge in [0.2, 0.25) is 0 Å². The van der Waals surface area contributed by atoms with E-state index in [2.05, 4.69) is 0 Å². The molecule has 0 N–H and O–H groups in total. The van der Waals surface area contributed by atoms with Gasteiger partial charge in [-0.05, 0) is 54.5 Å². The Morgan fingerprint density at radius 3 is 2.42 bits per heavy atom. The summed E-state index contributed by atoms with van der Waals surface area (Å²) < 4.78 is 5.61. The summed E-state index contributed by atoms with van der Waals surface area (Å²) in [4.78, 5) is 25.5. The van der Waals surface area contributed by atoms with Gasteiger partial charge in [0.15, 0.2) is 0 Å². The van der Waals surface area contributed by atoms with Crippen LogP contribution in [0.15, 0.2) is 90.5 Å². The third-order valence-corrected chi connectivity index (χ3v) is 4.87. The Labute approximate surface area is 179 Å². The van der Waals surface area contributed by atoms with Crippen molar-refractivity contribution in [3.8, 4) is 5.75 Å². The molecule has 154 valence electrons. The summed E-state index contributed by atoms with van der Waals surface area (Å²) >= 11 is 0. The highest BCUT2D eigenvalue weighted by molar-refractivity contribution is 6.23. The fourth-order valence-electron chi connectivity index (χ4n) is 3.44. The lowest BCUT2D eigenvalue weighted by Crippen LogP contribution is -2.25. The molecule has 0 aromatic heterocycles. The third-order valence-electron chi connectivity index (χ3n) is 4.87. The van der Waals surface area contributed by atoms with Crippen molar-refractivity contribution in [1.29, 1.82) is 0 Å². The van der Waals surface area contributed by atoms with Gasteiger partial charge in [-0.15, -0.1) is 0 Å². The molecule has 1 aliphatic heterocycles. The van der Waals surface area contributed by atoms with Crippen LogP contribution in [0, 0.1) is 10.1 Å². The first-order valence-electron chi connectivity index (χ1n) is 9.87. The van der Waals surface area contributed by atoms with Crippen LogP contribution in [0.2, 0.25) is 0 Å². The maximum atomic E-state index is 13.4. The number of amides is 1. The van der Waals surface area contributed by atoms with Crippen molar-refractivity contribution >= 4 is 29.1 Å². The topological polar surface area (TPSA) is 72.7 Å². The van der Waals surface area contributed by atoms with Gasteiger partial charge in [0.1, 0.15) is 5.75 Å². The van der Waals surface area contributed by atoms with Crippen LogP contribution < -0.4 is 9.64 Å². The van der Waals surface area contributed by atoms with E-state index in [-0.39, 0.29) is 11.6 Å². The summed E-state index contributed by atoms with van der Waals surface area (Å²) in [6, 6.07) is 23.2. The molecule has 0 radical (unpaired) electrons. The molecule has 1 heterocycles. The number of rotatable bonds is 6. The van der Waals surface area contributed by atoms with Gasteiger partial charge in [-0.3, -0.25) is 19.8 Å². The fourth-order valence-corrected chi connectivity index (χ4v) is 3.44. The molecule has 4 rings (SSSR count). The summed E-state index contributed by atoms with van der Waals surface area (Å²) in [6.07, 6.45) is 3.58. The summed E-state index contributed by atoms with van der Waals surface area (Å²) in [5.74, 6) is 0.513. The highest BCUT2D eigenvalue weighted by Crippen LogP contribution is 2.36. The molecular formula is C25H20N2O4. The van der Waals surface area contributed by atoms with Gasteiger partial charge in [0.25, 0.3) is 11.6 Å². The summed E-state index contributed by atoms with van der Waals surface area (Å²) in [6.45, 7) is 2.44. The number of carbonyl (C=O) groups excluding carboxylic acids is 1. The van der Waals surface area contributed by atoms with E-state index in [0.717, 1.165) is 11.3 Å². The zero-order chi connectivity index (χ0) is 21.8. The van der Waals surface area contributed by atoms with Crippen LogP contribution in [0.1, 0.15) is 18.1 Å². The number of nitrogens with zero attached hydrogens (tertiary/aromatic N) is 2. The minimum absolute atomic E-state index is 0.00906. The van der Waals surface area contributed by atoms with Crippen LogP contribution in [0.25, 0.3) is 11.8 Å². The lowest BCUT2D eigenvalue weighted by atomic mass is 10.1. The Hall–Kier alpha value is -4.19. The second-order valence-electron chi connectivity index (χ2n) is 6.91. The van der Waals surface area contributed by atoms with Crippen LogP contribution in [0.5, 0.6) is 5.75 Å². The van der Waals surface area contributed by atoms with Gasteiger partial charge in [-0.1, -0.05) is 36.4 Å². The normalized spacial score (nSPS) is 14.6. The van der Waals surface area contributed by atoms with E-state index >= 15 is 0 Å². The van der Waals surface area contributed by atoms with E-state index in [1.165, 1.54) is 12.1 Å². The Bertz CT molecular complexity index is 1180. The molecule has 0 atom stereocenters. The number of carbonyl (C=O) groups is 1. The SMILES string of the molecule is CCOc1cccc(N2C(=O)/C(=C/c3ccc([N+](=O)[O-])cc3)C=C2c2ccccc2)c1. The largest absolute Gasteiger partial charge is 0.494 e. The predicted molar refractivity (Wildman–Crippen MR) is 121 cm³/mol. The Morgan fingerprint density at radius 2 is 1.74 bits per heavy atom. The first kappa shape index (κ1) is 20.1. The lowest BCUT2D eigenvalue weighted by Gasteiger charge is -2.21. The standard InChI is InChI=1S/C25H20N2O4/c1-2-31-23-10-6-9-22(17-23)26-24(19-7-4-3-5-8-19)16-20(25(26)28)15-18-11-13-21(14-12-18)27(29)30/h3-17H,2H2,1H3/b20-15+. The van der Waals surface area contributed by atoms with Crippen LogP contribution >= 0.6 is 0 Å². The zero-order valence-electron chi connectivity index (χ0n) is 16.9. The highest BCUT2D eigenvalue weighted by Gasteiger charge is 2.30. The molecule has 3 aromatic carbocycles. The molecule has 0 spiro atoms. The molecular weight excluding hydrogens is 392 g/mol. The molecule has 0 fully saturated rings. The van der Waals surface area contributed by atoms with Gasteiger partial charge in [-0.2, -0.15) is 0 Å². The van der Waals surface area contributed by atoms with E-state index in [9.17, 15) is 14.9 Å². The van der Waals surface area contributed by atoms with E-state index in [1.54, 1.807) is 23.1 Å².